The van der Waals surface area contributed by atoms with Crippen LogP contribution in [0.1, 0.15) is 33.1 Å². The fourth-order valence-electron chi connectivity index (χ4n) is 2.57. The van der Waals surface area contributed by atoms with Gasteiger partial charge in [-0.1, -0.05) is 13.8 Å². The molecule has 2 aliphatic rings. The van der Waals surface area contributed by atoms with Gasteiger partial charge < -0.3 is 14.5 Å². The van der Waals surface area contributed by atoms with Crippen LogP contribution in [0.5, 0.6) is 0 Å². The van der Waals surface area contributed by atoms with Crippen LogP contribution in [-0.2, 0) is 4.74 Å². The van der Waals surface area contributed by atoms with E-state index in [-0.39, 0.29) is 6.03 Å². The monoisotopic (exact) mass is 240 g/mol. The zero-order chi connectivity index (χ0) is 12.3. The first-order chi connectivity index (χ1) is 8.08. The molecule has 0 aromatic rings. The lowest BCUT2D eigenvalue weighted by molar-refractivity contribution is 0.0434. The molecule has 0 spiro atoms. The third-order valence-corrected chi connectivity index (χ3v) is 3.89. The molecule has 0 atom stereocenters. The summed E-state index contributed by atoms with van der Waals surface area (Å²) in [5, 5.41) is 0. The molecule has 2 saturated heterocycles. The normalized spacial score (nSPS) is 25.5. The molecule has 2 fully saturated rings. The lowest BCUT2D eigenvalue weighted by Gasteiger charge is -2.32. The van der Waals surface area contributed by atoms with E-state index in [4.69, 9.17) is 4.74 Å². The van der Waals surface area contributed by atoms with Gasteiger partial charge >= 0.3 is 6.03 Å². The van der Waals surface area contributed by atoms with E-state index in [2.05, 4.69) is 13.8 Å². The van der Waals surface area contributed by atoms with Crippen LogP contribution in [0, 0.1) is 5.41 Å². The maximum absolute atomic E-state index is 12.3. The van der Waals surface area contributed by atoms with Crippen molar-refractivity contribution in [2.75, 3.05) is 39.4 Å². The van der Waals surface area contributed by atoms with Gasteiger partial charge in [0.05, 0.1) is 13.2 Å². The Balaban J connectivity index is 1.90. The Morgan fingerprint density at radius 1 is 1.00 bits per heavy atom. The number of carbonyl (C=O) groups is 1. The Morgan fingerprint density at radius 2 is 1.65 bits per heavy atom. The maximum Gasteiger partial charge on any atom is 0.320 e. The number of rotatable bonds is 0. The number of ether oxygens (including phenoxy) is 1. The molecule has 0 N–H and O–H groups in total. The number of amides is 2. The minimum absolute atomic E-state index is 0.214. The smallest absolute Gasteiger partial charge is 0.320 e. The van der Waals surface area contributed by atoms with Crippen molar-refractivity contribution in [1.29, 1.82) is 0 Å². The predicted octanol–water partition coefficient (Wildman–Crippen LogP) is 1.95. The Kier molecular flexibility index (Phi) is 3.92. The number of likely N-dealkylation sites (tertiary alicyclic amines) is 1. The van der Waals surface area contributed by atoms with Crippen LogP contribution in [0.2, 0.25) is 0 Å². The van der Waals surface area contributed by atoms with E-state index < -0.39 is 0 Å². The van der Waals surface area contributed by atoms with Gasteiger partial charge in [-0.25, -0.2) is 4.79 Å². The molecule has 0 aromatic carbocycles. The van der Waals surface area contributed by atoms with Gasteiger partial charge in [-0.05, 0) is 24.7 Å². The molecule has 2 rings (SSSR count). The van der Waals surface area contributed by atoms with E-state index in [0.29, 0.717) is 18.6 Å². The first kappa shape index (κ1) is 12.7. The number of urea groups is 1. The summed E-state index contributed by atoms with van der Waals surface area (Å²) in [7, 11) is 0. The van der Waals surface area contributed by atoms with Crippen LogP contribution in [-0.4, -0.2) is 55.2 Å². The van der Waals surface area contributed by atoms with Crippen molar-refractivity contribution in [3.63, 3.8) is 0 Å². The molecule has 0 aliphatic carbocycles. The second kappa shape index (κ2) is 5.25. The molecule has 2 heterocycles. The van der Waals surface area contributed by atoms with Crippen molar-refractivity contribution in [2.24, 2.45) is 5.41 Å². The van der Waals surface area contributed by atoms with E-state index in [0.717, 1.165) is 39.0 Å². The van der Waals surface area contributed by atoms with E-state index in [9.17, 15) is 4.79 Å². The van der Waals surface area contributed by atoms with Crippen molar-refractivity contribution < 1.29 is 9.53 Å². The highest BCUT2D eigenvalue weighted by molar-refractivity contribution is 5.74. The Hall–Kier alpha value is -0.770. The summed E-state index contributed by atoms with van der Waals surface area (Å²) in [5.41, 5.74) is 0.389. The zero-order valence-electron chi connectivity index (χ0n) is 11.1. The highest BCUT2D eigenvalue weighted by Gasteiger charge is 2.28. The molecule has 0 bridgehead atoms. The summed E-state index contributed by atoms with van der Waals surface area (Å²) in [6, 6.07) is 0.214. The highest BCUT2D eigenvalue weighted by atomic mass is 16.5. The van der Waals surface area contributed by atoms with Crippen LogP contribution in [0.25, 0.3) is 0 Å². The fourth-order valence-corrected chi connectivity index (χ4v) is 2.57. The molecule has 17 heavy (non-hydrogen) atoms. The minimum atomic E-state index is 0.214. The number of nitrogens with zero attached hydrogens (tertiary/aromatic N) is 2. The van der Waals surface area contributed by atoms with Crippen molar-refractivity contribution in [3.05, 3.63) is 0 Å². The van der Waals surface area contributed by atoms with Crippen LogP contribution in [0.4, 0.5) is 4.79 Å². The van der Waals surface area contributed by atoms with Gasteiger partial charge in [0, 0.05) is 26.2 Å². The summed E-state index contributed by atoms with van der Waals surface area (Å²) in [4.78, 5) is 16.3. The first-order valence-corrected chi connectivity index (χ1v) is 6.70. The topological polar surface area (TPSA) is 32.8 Å². The van der Waals surface area contributed by atoms with Gasteiger partial charge in [0.25, 0.3) is 0 Å². The lowest BCUT2D eigenvalue weighted by atomic mass is 9.85. The van der Waals surface area contributed by atoms with Crippen LogP contribution >= 0.6 is 0 Å². The molecule has 2 aliphatic heterocycles. The Labute approximate surface area is 104 Å². The summed E-state index contributed by atoms with van der Waals surface area (Å²) in [6.45, 7) is 9.29. The Morgan fingerprint density at radius 3 is 2.35 bits per heavy atom. The molecule has 0 aromatic heterocycles. The number of morpholine rings is 1. The number of carbonyl (C=O) groups excluding carboxylic acids is 1. The first-order valence-electron chi connectivity index (χ1n) is 6.70. The molecule has 0 radical (unpaired) electrons. The summed E-state index contributed by atoms with van der Waals surface area (Å²) >= 11 is 0. The molecule has 4 heteroatoms. The van der Waals surface area contributed by atoms with Crippen LogP contribution in [0.15, 0.2) is 0 Å². The molecule has 0 saturated carbocycles. The van der Waals surface area contributed by atoms with E-state index >= 15 is 0 Å². The van der Waals surface area contributed by atoms with Gasteiger partial charge in [-0.2, -0.15) is 0 Å². The molecular formula is C13H24N2O2. The third-order valence-electron chi connectivity index (χ3n) is 3.89. The summed E-state index contributed by atoms with van der Waals surface area (Å²) < 4.78 is 5.28. The quantitative estimate of drug-likeness (QED) is 0.648. The zero-order valence-corrected chi connectivity index (χ0v) is 11.1. The maximum atomic E-state index is 12.3. The average Bonchev–Trinajstić information content (AvgIpc) is 2.50. The molecular weight excluding hydrogens is 216 g/mol. The number of hydrogen-bond acceptors (Lipinski definition) is 2. The van der Waals surface area contributed by atoms with Crippen LogP contribution in [0.3, 0.4) is 0 Å². The molecule has 2 amide bonds. The second-order valence-electron chi connectivity index (χ2n) is 5.89. The van der Waals surface area contributed by atoms with Gasteiger partial charge in [0.15, 0.2) is 0 Å². The summed E-state index contributed by atoms with van der Waals surface area (Å²) in [6.07, 6.45) is 3.46. The van der Waals surface area contributed by atoms with Gasteiger partial charge in [-0.15, -0.1) is 0 Å². The highest BCUT2D eigenvalue weighted by Crippen LogP contribution is 2.30. The Bertz CT molecular complexity index is 273. The van der Waals surface area contributed by atoms with Gasteiger partial charge in [0.1, 0.15) is 0 Å². The largest absolute Gasteiger partial charge is 0.378 e. The SMILES string of the molecule is CC1(C)CCCN(C(=O)N2CCOCC2)CC1. The van der Waals surface area contributed by atoms with Gasteiger partial charge in [0.2, 0.25) is 0 Å². The number of hydrogen-bond donors (Lipinski definition) is 0. The van der Waals surface area contributed by atoms with E-state index in [1.54, 1.807) is 0 Å². The fraction of sp³-hybridized carbons (Fsp3) is 0.923. The second-order valence-corrected chi connectivity index (χ2v) is 5.89. The third kappa shape index (κ3) is 3.35. The van der Waals surface area contributed by atoms with Crippen molar-refractivity contribution in [3.8, 4) is 0 Å². The predicted molar refractivity (Wildman–Crippen MR) is 67.0 cm³/mol. The lowest BCUT2D eigenvalue weighted by Crippen LogP contribution is -2.48. The van der Waals surface area contributed by atoms with Gasteiger partial charge in [-0.3, -0.25) is 0 Å². The molecule has 98 valence electrons. The minimum Gasteiger partial charge on any atom is -0.378 e. The van der Waals surface area contributed by atoms with Crippen molar-refractivity contribution in [1.82, 2.24) is 9.80 Å². The van der Waals surface area contributed by atoms with E-state index in [1.165, 1.54) is 6.42 Å². The van der Waals surface area contributed by atoms with Crippen LogP contribution < -0.4 is 0 Å². The standard InChI is InChI=1S/C13H24N2O2/c1-13(2)4-3-6-14(7-5-13)12(16)15-8-10-17-11-9-15/h3-11H2,1-2H3. The molecule has 4 nitrogen and oxygen atoms in total. The average molecular weight is 240 g/mol. The summed E-state index contributed by atoms with van der Waals surface area (Å²) in [5.74, 6) is 0. The van der Waals surface area contributed by atoms with Crippen molar-refractivity contribution in [2.45, 2.75) is 33.1 Å². The van der Waals surface area contributed by atoms with Crippen molar-refractivity contribution >= 4 is 6.03 Å². The molecule has 0 unspecified atom stereocenters. The van der Waals surface area contributed by atoms with E-state index in [1.807, 2.05) is 9.80 Å².